The zero-order valence-electron chi connectivity index (χ0n) is 29.8. The molecule has 0 spiro atoms. The number of hydrogen-bond acceptors (Lipinski definition) is 8. The van der Waals surface area contributed by atoms with Crippen LogP contribution in [-0.2, 0) is 27.2 Å². The van der Waals surface area contributed by atoms with Crippen molar-refractivity contribution in [1.82, 2.24) is 0 Å². The van der Waals surface area contributed by atoms with E-state index in [4.69, 9.17) is 18.1 Å². The number of phosphoric acid groups is 2. The van der Waals surface area contributed by atoms with E-state index in [1.807, 2.05) is 42.3 Å². The van der Waals surface area contributed by atoms with Gasteiger partial charge in [-0.15, -0.1) is 12.4 Å². The molecule has 0 saturated heterocycles. The van der Waals surface area contributed by atoms with E-state index in [0.29, 0.717) is 22.1 Å². The van der Waals surface area contributed by atoms with E-state index in [9.17, 15) is 18.9 Å². The van der Waals surface area contributed by atoms with Gasteiger partial charge in [0.2, 0.25) is 0 Å². The molecule has 0 aromatic heterocycles. The number of hydrogen-bond donors (Lipinski definition) is 0. The topological polar surface area (TPSA) is 117 Å². The molecule has 0 saturated carbocycles. The van der Waals surface area contributed by atoms with Gasteiger partial charge in [-0.25, -0.2) is 0 Å². The van der Waals surface area contributed by atoms with Crippen molar-refractivity contribution in [1.29, 1.82) is 0 Å². The normalized spacial score (nSPS) is 15.0. The van der Waals surface area contributed by atoms with Gasteiger partial charge >= 0.3 is 0 Å². The second-order valence-electron chi connectivity index (χ2n) is 14.3. The van der Waals surface area contributed by atoms with E-state index >= 15 is 0 Å². The summed E-state index contributed by atoms with van der Waals surface area (Å²) in [5.41, 5.74) is 0. The Balaban J connectivity index is 0. The number of phosphoric ester groups is 2. The minimum atomic E-state index is -4.16. The van der Waals surface area contributed by atoms with Gasteiger partial charge in [-0.3, -0.25) is 9.13 Å². The SMILES string of the molecule is C[N+](C)(C)CCOP(=O)([O-])OCCCCCCCCCCCCCCCCCCCCCCOP(=O)([O-])OCC[N+](C)(C)C.Cl. The monoisotopic (exact) mass is 708 g/mol. The molecule has 0 aromatic carbocycles. The van der Waals surface area contributed by atoms with Gasteiger partial charge in [-0.2, -0.15) is 0 Å². The van der Waals surface area contributed by atoms with Gasteiger partial charge in [0.25, 0.3) is 15.6 Å². The fourth-order valence-electron chi connectivity index (χ4n) is 4.67. The molecule has 0 fully saturated rings. The zero-order valence-corrected chi connectivity index (χ0v) is 32.5. The third-order valence-corrected chi connectivity index (χ3v) is 9.56. The molecule has 0 amide bonds. The number of unbranched alkanes of at least 4 members (excludes halogenated alkanes) is 19. The van der Waals surface area contributed by atoms with E-state index in [-0.39, 0.29) is 38.8 Å². The first-order chi connectivity index (χ1) is 20.6. The van der Waals surface area contributed by atoms with Crippen molar-refractivity contribution in [3.8, 4) is 0 Å². The van der Waals surface area contributed by atoms with Gasteiger partial charge in [-0.05, 0) is 12.8 Å². The van der Waals surface area contributed by atoms with Gasteiger partial charge in [0.1, 0.15) is 26.3 Å². The molecule has 0 bridgehead atoms. The maximum atomic E-state index is 11.7. The van der Waals surface area contributed by atoms with Crippen LogP contribution in [0.4, 0.5) is 0 Å². The van der Waals surface area contributed by atoms with Crippen molar-refractivity contribution in [3.05, 3.63) is 0 Å². The molecule has 0 aromatic rings. The molecule has 45 heavy (non-hydrogen) atoms. The summed E-state index contributed by atoms with van der Waals surface area (Å²) in [6.07, 6.45) is 24.0. The maximum Gasteiger partial charge on any atom is 0.268 e. The first-order valence-electron chi connectivity index (χ1n) is 17.4. The largest absolute Gasteiger partial charge is 0.756 e. The molecular weight excluding hydrogens is 638 g/mol. The Bertz CT molecular complexity index is 704. The van der Waals surface area contributed by atoms with Gasteiger partial charge in [0, 0.05) is 0 Å². The molecule has 0 aliphatic carbocycles. The fraction of sp³-hybridized carbons (Fsp3) is 1.00. The molecule has 2 unspecified atom stereocenters. The highest BCUT2D eigenvalue weighted by atomic mass is 35.5. The van der Waals surface area contributed by atoms with Gasteiger partial charge < -0.3 is 36.8 Å². The summed E-state index contributed by atoms with van der Waals surface area (Å²) >= 11 is 0. The molecule has 0 radical (unpaired) electrons. The van der Waals surface area contributed by atoms with Gasteiger partial charge in [0.15, 0.2) is 0 Å². The number of quaternary nitrogens is 2. The Kier molecular flexibility index (Phi) is 29.9. The summed E-state index contributed by atoms with van der Waals surface area (Å²) in [5.74, 6) is 0. The highest BCUT2D eigenvalue weighted by Gasteiger charge is 2.14. The molecule has 274 valence electrons. The van der Waals surface area contributed by atoms with Gasteiger partial charge in [0.05, 0.1) is 55.5 Å². The Hall–Kier alpha value is 0.430. The summed E-state index contributed by atoms with van der Waals surface area (Å²) in [6, 6.07) is 0. The van der Waals surface area contributed by atoms with E-state index in [0.717, 1.165) is 38.5 Å². The molecular formula is C32H71ClN2O8P2. The zero-order chi connectivity index (χ0) is 33.2. The van der Waals surface area contributed by atoms with E-state index in [1.54, 1.807) is 0 Å². The van der Waals surface area contributed by atoms with Crippen LogP contribution in [0.3, 0.4) is 0 Å². The average molecular weight is 709 g/mol. The Morgan fingerprint density at radius 1 is 0.378 bits per heavy atom. The van der Waals surface area contributed by atoms with Crippen molar-refractivity contribution < 1.29 is 46.0 Å². The lowest BCUT2D eigenvalue weighted by Gasteiger charge is -2.27. The molecule has 13 heteroatoms. The first-order valence-corrected chi connectivity index (χ1v) is 20.4. The Labute approximate surface area is 283 Å². The second kappa shape index (κ2) is 28.3. The van der Waals surface area contributed by atoms with Crippen molar-refractivity contribution in [2.24, 2.45) is 0 Å². The van der Waals surface area contributed by atoms with E-state index < -0.39 is 15.6 Å². The number of nitrogens with zero attached hydrogens (tertiary/aromatic N) is 2. The summed E-state index contributed by atoms with van der Waals surface area (Å²) in [4.78, 5) is 23.5. The lowest BCUT2D eigenvalue weighted by molar-refractivity contribution is -0.870. The Morgan fingerprint density at radius 2 is 0.556 bits per heavy atom. The standard InChI is InChI=1S/C32H70N2O8P2.ClH/c1-33(2,3)27-31-41-43(35,36)39-29-25-23-21-19-17-15-13-11-9-7-8-10-12-14-16-18-20-22-24-26-30-40-44(37,38)42-32-28-34(4,5)6;/h7-32H2,1-6H3;1H. The van der Waals surface area contributed by atoms with Crippen LogP contribution < -0.4 is 9.79 Å². The maximum absolute atomic E-state index is 11.7. The quantitative estimate of drug-likeness (QED) is 0.0388. The predicted octanol–water partition coefficient (Wildman–Crippen LogP) is 7.63. The van der Waals surface area contributed by atoms with Crippen molar-refractivity contribution in [2.45, 2.75) is 128 Å². The highest BCUT2D eigenvalue weighted by Crippen LogP contribution is 2.39. The lowest BCUT2D eigenvalue weighted by Crippen LogP contribution is -2.37. The average Bonchev–Trinajstić information content (AvgIpc) is 2.89. The smallest absolute Gasteiger partial charge is 0.268 e. The minimum absolute atomic E-state index is 0. The second-order valence-corrected chi connectivity index (χ2v) is 17.1. The first kappa shape index (κ1) is 47.5. The summed E-state index contributed by atoms with van der Waals surface area (Å²) in [6.45, 7) is 1.97. The van der Waals surface area contributed by atoms with Crippen LogP contribution in [0, 0.1) is 0 Å². The minimum Gasteiger partial charge on any atom is -0.756 e. The fourth-order valence-corrected chi connectivity index (χ4v) is 6.13. The van der Waals surface area contributed by atoms with Crippen molar-refractivity contribution >= 4 is 28.1 Å². The molecule has 10 nitrogen and oxygen atoms in total. The molecule has 0 N–H and O–H groups in total. The third kappa shape index (κ3) is 38.8. The van der Waals surface area contributed by atoms with Gasteiger partial charge in [-0.1, -0.05) is 116 Å². The van der Waals surface area contributed by atoms with Crippen molar-refractivity contribution in [2.75, 3.05) is 81.8 Å². The van der Waals surface area contributed by atoms with Crippen LogP contribution >= 0.6 is 28.1 Å². The number of halogens is 1. The van der Waals surface area contributed by atoms with Crippen LogP contribution in [0.1, 0.15) is 128 Å². The van der Waals surface area contributed by atoms with Crippen LogP contribution in [0.25, 0.3) is 0 Å². The number of rotatable bonds is 33. The summed E-state index contributed by atoms with van der Waals surface area (Å²) < 4.78 is 44.5. The van der Waals surface area contributed by atoms with Crippen molar-refractivity contribution in [3.63, 3.8) is 0 Å². The predicted molar refractivity (Wildman–Crippen MR) is 184 cm³/mol. The molecule has 0 aliphatic rings. The molecule has 0 aliphatic heterocycles. The van der Waals surface area contributed by atoms with Crippen LogP contribution in [0.15, 0.2) is 0 Å². The van der Waals surface area contributed by atoms with Crippen LogP contribution in [0.5, 0.6) is 0 Å². The van der Waals surface area contributed by atoms with E-state index in [2.05, 4.69) is 0 Å². The summed E-state index contributed by atoms with van der Waals surface area (Å²) in [5, 5.41) is 0. The summed E-state index contributed by atoms with van der Waals surface area (Å²) in [7, 11) is 3.61. The van der Waals surface area contributed by atoms with E-state index in [1.165, 1.54) is 89.9 Å². The van der Waals surface area contributed by atoms with Crippen LogP contribution in [0.2, 0.25) is 0 Å². The molecule has 2 atom stereocenters. The molecule has 0 rings (SSSR count). The number of likely N-dealkylation sites (N-methyl/N-ethyl adjacent to an activating group) is 2. The lowest BCUT2D eigenvalue weighted by atomic mass is 10.0. The molecule has 0 heterocycles. The van der Waals surface area contributed by atoms with Crippen LogP contribution in [-0.4, -0.2) is 90.8 Å². The highest BCUT2D eigenvalue weighted by molar-refractivity contribution is 7.46. The third-order valence-electron chi connectivity index (χ3n) is 7.56. The Morgan fingerprint density at radius 3 is 0.756 bits per heavy atom.